The van der Waals surface area contributed by atoms with Crippen LogP contribution in [0.5, 0.6) is 0 Å². The average molecular weight is 385 g/mol. The van der Waals surface area contributed by atoms with Gasteiger partial charge < -0.3 is 0 Å². The maximum absolute atomic E-state index is 12.8. The number of nitrogens with zero attached hydrogens (tertiary/aromatic N) is 1. The number of benzene rings is 3. The zero-order valence-electron chi connectivity index (χ0n) is 13.5. The van der Waals surface area contributed by atoms with Gasteiger partial charge in [0.25, 0.3) is 5.91 Å². The van der Waals surface area contributed by atoms with Gasteiger partial charge in [0.15, 0.2) is 0 Å². The van der Waals surface area contributed by atoms with Crippen molar-refractivity contribution in [3.8, 4) is 0 Å². The van der Waals surface area contributed by atoms with Crippen LogP contribution in [0.4, 0.5) is 4.39 Å². The van der Waals surface area contributed by atoms with Crippen LogP contribution in [0.1, 0.15) is 15.9 Å². The second-order valence-electron chi connectivity index (χ2n) is 5.33. The second-order valence-corrected chi connectivity index (χ2v) is 6.91. The van der Waals surface area contributed by atoms with Gasteiger partial charge in [0.2, 0.25) is 0 Å². The van der Waals surface area contributed by atoms with Gasteiger partial charge in [-0.15, -0.1) is 0 Å². The average Bonchev–Trinajstić information content (AvgIpc) is 2.65. The van der Waals surface area contributed by atoms with Crippen LogP contribution >= 0.6 is 23.4 Å². The van der Waals surface area contributed by atoms with E-state index in [0.29, 0.717) is 10.6 Å². The Balaban J connectivity index is 1.56. The molecule has 0 bridgehead atoms. The van der Waals surface area contributed by atoms with Crippen LogP contribution in [0.15, 0.2) is 87.7 Å². The molecule has 0 aliphatic rings. The van der Waals surface area contributed by atoms with Crippen molar-refractivity contribution < 1.29 is 9.18 Å². The lowest BCUT2D eigenvalue weighted by Crippen LogP contribution is -2.17. The van der Waals surface area contributed by atoms with Crippen molar-refractivity contribution in [1.82, 2.24) is 5.43 Å². The van der Waals surface area contributed by atoms with Crippen molar-refractivity contribution in [2.75, 3.05) is 0 Å². The molecule has 0 spiro atoms. The van der Waals surface area contributed by atoms with Gasteiger partial charge in [-0.05, 0) is 66.2 Å². The molecule has 0 aliphatic heterocycles. The van der Waals surface area contributed by atoms with Gasteiger partial charge in [-0.25, -0.2) is 9.82 Å². The molecule has 0 saturated carbocycles. The first-order valence-electron chi connectivity index (χ1n) is 7.72. The molecule has 6 heteroatoms. The zero-order chi connectivity index (χ0) is 18.4. The van der Waals surface area contributed by atoms with Gasteiger partial charge >= 0.3 is 0 Å². The number of nitrogens with one attached hydrogen (secondary N) is 1. The van der Waals surface area contributed by atoms with E-state index in [4.69, 9.17) is 11.6 Å². The quantitative estimate of drug-likeness (QED) is 0.473. The Hall–Kier alpha value is -2.63. The summed E-state index contributed by atoms with van der Waals surface area (Å²) in [5, 5.41) is 4.64. The number of amides is 1. The highest BCUT2D eigenvalue weighted by Crippen LogP contribution is 2.28. The molecule has 1 N–H and O–H groups in total. The van der Waals surface area contributed by atoms with Gasteiger partial charge in [0.05, 0.1) is 6.21 Å². The summed E-state index contributed by atoms with van der Waals surface area (Å²) in [7, 11) is 0. The summed E-state index contributed by atoms with van der Waals surface area (Å²) >= 11 is 7.51. The van der Waals surface area contributed by atoms with Gasteiger partial charge in [-0.3, -0.25) is 4.79 Å². The number of hydrazone groups is 1. The van der Waals surface area contributed by atoms with Crippen molar-refractivity contribution in [3.05, 3.63) is 94.8 Å². The highest BCUT2D eigenvalue weighted by molar-refractivity contribution is 7.99. The summed E-state index contributed by atoms with van der Waals surface area (Å²) < 4.78 is 12.8. The molecule has 3 rings (SSSR count). The van der Waals surface area contributed by atoms with E-state index in [1.54, 1.807) is 18.0 Å². The first kappa shape index (κ1) is 18.2. The number of carbonyl (C=O) groups excluding carboxylic acids is 1. The lowest BCUT2D eigenvalue weighted by molar-refractivity contribution is 0.0955. The third kappa shape index (κ3) is 5.18. The molecule has 0 fully saturated rings. The fraction of sp³-hybridized carbons (Fsp3) is 0. The van der Waals surface area contributed by atoms with E-state index in [0.717, 1.165) is 15.4 Å². The highest BCUT2D eigenvalue weighted by Gasteiger charge is 2.03. The number of rotatable bonds is 5. The van der Waals surface area contributed by atoms with Crippen molar-refractivity contribution in [2.24, 2.45) is 5.10 Å². The van der Waals surface area contributed by atoms with Crippen LogP contribution in [0.3, 0.4) is 0 Å². The van der Waals surface area contributed by atoms with Crippen molar-refractivity contribution >= 4 is 35.5 Å². The standard InChI is InChI=1S/C20H14ClFN2OS/c21-16-5-11-19(12-6-16)26-18-9-1-14(2-10-18)13-23-24-20(25)15-3-7-17(22)8-4-15/h1-13H,(H,24,25)/b23-13-. The predicted molar refractivity (Wildman–Crippen MR) is 103 cm³/mol. The highest BCUT2D eigenvalue weighted by atomic mass is 35.5. The van der Waals surface area contributed by atoms with Gasteiger partial charge in [-0.2, -0.15) is 5.10 Å². The monoisotopic (exact) mass is 384 g/mol. The van der Waals surface area contributed by atoms with Crippen LogP contribution < -0.4 is 5.43 Å². The Morgan fingerprint density at radius 1 is 0.923 bits per heavy atom. The molecule has 0 unspecified atom stereocenters. The first-order valence-corrected chi connectivity index (χ1v) is 8.92. The molecule has 0 radical (unpaired) electrons. The van der Waals surface area contributed by atoms with E-state index in [2.05, 4.69) is 10.5 Å². The molecule has 3 aromatic carbocycles. The largest absolute Gasteiger partial charge is 0.271 e. The number of hydrogen-bond donors (Lipinski definition) is 1. The minimum Gasteiger partial charge on any atom is -0.267 e. The normalized spacial score (nSPS) is 10.8. The maximum atomic E-state index is 12.8. The van der Waals surface area contributed by atoms with Gasteiger partial charge in [0, 0.05) is 20.4 Å². The summed E-state index contributed by atoms with van der Waals surface area (Å²) in [5.74, 6) is -0.780. The molecule has 0 saturated heterocycles. The molecule has 0 atom stereocenters. The lowest BCUT2D eigenvalue weighted by atomic mass is 10.2. The summed E-state index contributed by atoms with van der Waals surface area (Å²) in [5.41, 5.74) is 3.61. The van der Waals surface area contributed by atoms with Crippen LogP contribution in [0, 0.1) is 5.82 Å². The van der Waals surface area contributed by atoms with E-state index < -0.39 is 5.91 Å². The molecule has 3 aromatic rings. The van der Waals surface area contributed by atoms with Crippen LogP contribution in [-0.4, -0.2) is 12.1 Å². The number of hydrogen-bond acceptors (Lipinski definition) is 3. The Morgan fingerprint density at radius 3 is 2.12 bits per heavy atom. The lowest BCUT2D eigenvalue weighted by Gasteiger charge is -2.02. The van der Waals surface area contributed by atoms with E-state index in [1.165, 1.54) is 24.3 Å². The molecule has 0 aliphatic carbocycles. The van der Waals surface area contributed by atoms with Crippen molar-refractivity contribution in [2.45, 2.75) is 9.79 Å². The smallest absolute Gasteiger partial charge is 0.267 e. The second kappa shape index (κ2) is 8.65. The molecule has 3 nitrogen and oxygen atoms in total. The summed E-state index contributed by atoms with van der Waals surface area (Å²) in [6, 6.07) is 20.7. The Labute approximate surface area is 159 Å². The number of halogens is 2. The Morgan fingerprint density at radius 2 is 1.50 bits per heavy atom. The van der Waals surface area contributed by atoms with Crippen molar-refractivity contribution in [3.63, 3.8) is 0 Å². The predicted octanol–water partition coefficient (Wildman–Crippen LogP) is 5.39. The third-order valence-corrected chi connectivity index (χ3v) is 4.68. The molecular weight excluding hydrogens is 371 g/mol. The molecule has 26 heavy (non-hydrogen) atoms. The summed E-state index contributed by atoms with van der Waals surface area (Å²) in [6.45, 7) is 0. The van der Waals surface area contributed by atoms with Crippen LogP contribution in [-0.2, 0) is 0 Å². The Bertz CT molecular complexity index is 910. The molecule has 0 aromatic heterocycles. The minimum absolute atomic E-state index is 0.346. The van der Waals surface area contributed by atoms with E-state index >= 15 is 0 Å². The fourth-order valence-corrected chi connectivity index (χ4v) is 3.03. The summed E-state index contributed by atoms with van der Waals surface area (Å²) in [6.07, 6.45) is 1.55. The molecule has 130 valence electrons. The van der Waals surface area contributed by atoms with Gasteiger partial charge in [0.1, 0.15) is 5.82 Å². The molecule has 0 heterocycles. The SMILES string of the molecule is O=C(N/N=C\c1ccc(Sc2ccc(Cl)cc2)cc1)c1ccc(F)cc1. The number of carbonyl (C=O) groups is 1. The maximum Gasteiger partial charge on any atom is 0.271 e. The van der Waals surface area contributed by atoms with E-state index in [1.807, 2.05) is 48.5 Å². The third-order valence-electron chi connectivity index (χ3n) is 3.42. The topological polar surface area (TPSA) is 41.5 Å². The van der Waals surface area contributed by atoms with Crippen LogP contribution in [0.25, 0.3) is 0 Å². The van der Waals surface area contributed by atoms with E-state index in [-0.39, 0.29) is 5.82 Å². The fourth-order valence-electron chi connectivity index (χ4n) is 2.09. The first-order chi connectivity index (χ1) is 12.6. The van der Waals surface area contributed by atoms with Crippen molar-refractivity contribution in [1.29, 1.82) is 0 Å². The van der Waals surface area contributed by atoms with Crippen LogP contribution in [0.2, 0.25) is 5.02 Å². The Kier molecular flexibility index (Phi) is 6.04. The van der Waals surface area contributed by atoms with Gasteiger partial charge in [-0.1, -0.05) is 35.5 Å². The zero-order valence-corrected chi connectivity index (χ0v) is 15.1. The molecular formula is C20H14ClFN2OS. The summed E-state index contributed by atoms with van der Waals surface area (Å²) in [4.78, 5) is 14.0. The van der Waals surface area contributed by atoms with E-state index in [9.17, 15) is 9.18 Å². The minimum atomic E-state index is -0.392. The molecule has 1 amide bonds.